The van der Waals surface area contributed by atoms with E-state index in [2.05, 4.69) is 6.92 Å². The molecule has 1 aromatic carbocycles. The summed E-state index contributed by atoms with van der Waals surface area (Å²) in [5, 5.41) is 0. The van der Waals surface area contributed by atoms with Crippen molar-refractivity contribution in [1.82, 2.24) is 0 Å². The van der Waals surface area contributed by atoms with E-state index in [-0.39, 0.29) is 5.78 Å². The Balaban J connectivity index is 3.12. The number of carbonyl (C=O) groups is 1. The molecule has 0 N–H and O–H groups in total. The van der Waals surface area contributed by atoms with Gasteiger partial charge >= 0.3 is 0 Å². The van der Waals surface area contributed by atoms with Gasteiger partial charge < -0.3 is 4.74 Å². The lowest BCUT2D eigenvalue weighted by Crippen LogP contribution is -1.96. The van der Waals surface area contributed by atoms with Crippen molar-refractivity contribution in [3.05, 3.63) is 36.8 Å². The van der Waals surface area contributed by atoms with E-state index in [0.29, 0.717) is 11.3 Å². The third-order valence-electron chi connectivity index (χ3n) is 1.41. The molecule has 0 bridgehead atoms. The fourth-order valence-electron chi connectivity index (χ4n) is 0.875. The maximum Gasteiger partial charge on any atom is 0.167 e. The first-order chi connectivity index (χ1) is 5.25. The van der Waals surface area contributed by atoms with Gasteiger partial charge in [0.2, 0.25) is 0 Å². The van der Waals surface area contributed by atoms with E-state index >= 15 is 0 Å². The summed E-state index contributed by atoms with van der Waals surface area (Å²) in [6.07, 6.45) is 0. The van der Waals surface area contributed by atoms with Crippen LogP contribution >= 0.6 is 0 Å². The minimum absolute atomic E-state index is 0.220. The Kier molecular flexibility index (Phi) is 2.26. The van der Waals surface area contributed by atoms with Crippen LogP contribution in [0.15, 0.2) is 24.3 Å². The molecule has 0 aliphatic heterocycles. The number of benzene rings is 1. The molecule has 1 rings (SSSR count). The number of hydrogen-bond donors (Lipinski definition) is 0. The molecule has 0 amide bonds. The van der Waals surface area contributed by atoms with E-state index in [1.165, 1.54) is 7.11 Å². The molecule has 0 saturated heterocycles. The Labute approximate surface area is 65.8 Å². The minimum Gasteiger partial charge on any atom is -0.496 e. The summed E-state index contributed by atoms with van der Waals surface area (Å²) < 4.78 is 4.95. The standard InChI is InChI=1S/C9H9O2/c1-7(10)8-5-3-4-6-9(8)11-2/h3-6H,1H2,2H3. The van der Waals surface area contributed by atoms with Crippen molar-refractivity contribution in [2.24, 2.45) is 0 Å². The molecule has 0 spiro atoms. The van der Waals surface area contributed by atoms with Gasteiger partial charge in [0.05, 0.1) is 12.7 Å². The van der Waals surface area contributed by atoms with Gasteiger partial charge in [-0.05, 0) is 12.1 Å². The number of rotatable bonds is 2. The first-order valence-electron chi connectivity index (χ1n) is 3.25. The lowest BCUT2D eigenvalue weighted by molar-refractivity contribution is 0.104. The second kappa shape index (κ2) is 3.19. The molecule has 2 nitrogen and oxygen atoms in total. The molecule has 0 aliphatic carbocycles. The van der Waals surface area contributed by atoms with Crippen molar-refractivity contribution in [3.8, 4) is 5.75 Å². The molecule has 0 aromatic heterocycles. The van der Waals surface area contributed by atoms with E-state index in [9.17, 15) is 4.79 Å². The number of para-hydroxylation sites is 1. The van der Waals surface area contributed by atoms with Crippen LogP contribution in [0.3, 0.4) is 0 Å². The zero-order valence-electron chi connectivity index (χ0n) is 6.33. The molecule has 2 heteroatoms. The minimum atomic E-state index is -0.220. The van der Waals surface area contributed by atoms with Gasteiger partial charge in [0.1, 0.15) is 5.75 Å². The molecule has 0 aliphatic rings. The van der Waals surface area contributed by atoms with E-state index in [1.54, 1.807) is 18.2 Å². The summed E-state index contributed by atoms with van der Waals surface area (Å²) in [5.74, 6) is 0.356. The van der Waals surface area contributed by atoms with E-state index < -0.39 is 0 Å². The second-order valence-corrected chi connectivity index (χ2v) is 2.12. The number of ether oxygens (including phenoxy) is 1. The van der Waals surface area contributed by atoms with E-state index in [0.717, 1.165) is 0 Å². The van der Waals surface area contributed by atoms with Crippen LogP contribution in [0.5, 0.6) is 5.75 Å². The normalized spacial score (nSPS) is 9.27. The lowest BCUT2D eigenvalue weighted by atomic mass is 10.1. The van der Waals surface area contributed by atoms with Gasteiger partial charge in [0.25, 0.3) is 0 Å². The summed E-state index contributed by atoms with van der Waals surface area (Å²) in [6, 6.07) is 7.01. The third kappa shape index (κ3) is 1.58. The van der Waals surface area contributed by atoms with Gasteiger partial charge in [0.15, 0.2) is 5.78 Å². The van der Waals surface area contributed by atoms with Crippen LogP contribution < -0.4 is 4.74 Å². The fraction of sp³-hybridized carbons (Fsp3) is 0.111. The van der Waals surface area contributed by atoms with Gasteiger partial charge in [-0.3, -0.25) is 4.79 Å². The predicted molar refractivity (Wildman–Crippen MR) is 42.7 cm³/mol. The zero-order valence-corrected chi connectivity index (χ0v) is 6.33. The zero-order chi connectivity index (χ0) is 8.27. The molecule has 1 aromatic rings. The fourth-order valence-corrected chi connectivity index (χ4v) is 0.875. The molecule has 57 valence electrons. The van der Waals surface area contributed by atoms with Crippen LogP contribution in [0, 0.1) is 6.92 Å². The van der Waals surface area contributed by atoms with Gasteiger partial charge in [-0.1, -0.05) is 12.1 Å². The molecule has 0 saturated carbocycles. The monoisotopic (exact) mass is 149 g/mol. The molecule has 11 heavy (non-hydrogen) atoms. The molecular weight excluding hydrogens is 140 g/mol. The van der Waals surface area contributed by atoms with Crippen molar-refractivity contribution in [1.29, 1.82) is 0 Å². The quantitative estimate of drug-likeness (QED) is 0.598. The second-order valence-electron chi connectivity index (χ2n) is 2.12. The molecule has 0 fully saturated rings. The Morgan fingerprint density at radius 2 is 2.09 bits per heavy atom. The lowest BCUT2D eigenvalue weighted by Gasteiger charge is -2.02. The summed E-state index contributed by atoms with van der Waals surface area (Å²) in [7, 11) is 1.53. The van der Waals surface area contributed by atoms with Gasteiger partial charge in [0, 0.05) is 6.92 Å². The Bertz CT molecular complexity index is 266. The van der Waals surface area contributed by atoms with Crippen molar-refractivity contribution < 1.29 is 9.53 Å². The SMILES string of the molecule is [CH2]C(=O)c1ccccc1OC. The number of ketones is 1. The van der Waals surface area contributed by atoms with Crippen molar-refractivity contribution >= 4 is 5.78 Å². The predicted octanol–water partition coefficient (Wildman–Crippen LogP) is 1.71. The number of Topliss-reactive ketones (excluding diaryl/α,β-unsaturated/α-hetero) is 1. The first-order valence-corrected chi connectivity index (χ1v) is 3.25. The van der Waals surface area contributed by atoms with Crippen LogP contribution in [0.25, 0.3) is 0 Å². The summed E-state index contributed by atoms with van der Waals surface area (Å²) in [6.45, 7) is 3.30. The average Bonchev–Trinajstić information content (AvgIpc) is 2.04. The Morgan fingerprint density at radius 1 is 1.45 bits per heavy atom. The Hall–Kier alpha value is -1.31. The summed E-state index contributed by atoms with van der Waals surface area (Å²) in [4.78, 5) is 10.8. The third-order valence-corrected chi connectivity index (χ3v) is 1.41. The van der Waals surface area contributed by atoms with E-state index in [1.807, 2.05) is 6.07 Å². The molecule has 1 radical (unpaired) electrons. The van der Waals surface area contributed by atoms with Crippen LogP contribution in [-0.4, -0.2) is 12.9 Å². The highest BCUT2D eigenvalue weighted by molar-refractivity contribution is 6.01. The van der Waals surface area contributed by atoms with Crippen LogP contribution in [0.1, 0.15) is 10.4 Å². The van der Waals surface area contributed by atoms with Gasteiger partial charge in [-0.15, -0.1) is 0 Å². The maximum absolute atomic E-state index is 10.8. The largest absolute Gasteiger partial charge is 0.496 e. The molecular formula is C9H9O2. The topological polar surface area (TPSA) is 26.3 Å². The molecule has 0 heterocycles. The van der Waals surface area contributed by atoms with Crippen molar-refractivity contribution in [2.75, 3.05) is 7.11 Å². The van der Waals surface area contributed by atoms with Crippen LogP contribution in [-0.2, 0) is 0 Å². The number of methoxy groups -OCH3 is 1. The smallest absolute Gasteiger partial charge is 0.167 e. The summed E-state index contributed by atoms with van der Waals surface area (Å²) >= 11 is 0. The highest BCUT2D eigenvalue weighted by atomic mass is 16.5. The molecule has 0 unspecified atom stereocenters. The van der Waals surface area contributed by atoms with Gasteiger partial charge in [-0.2, -0.15) is 0 Å². The highest BCUT2D eigenvalue weighted by Crippen LogP contribution is 2.16. The van der Waals surface area contributed by atoms with E-state index in [4.69, 9.17) is 4.74 Å². The van der Waals surface area contributed by atoms with Crippen LogP contribution in [0.2, 0.25) is 0 Å². The maximum atomic E-state index is 10.8. The van der Waals surface area contributed by atoms with Crippen molar-refractivity contribution in [2.45, 2.75) is 0 Å². The number of carbonyl (C=O) groups excluding carboxylic acids is 1. The summed E-state index contributed by atoms with van der Waals surface area (Å²) in [5.41, 5.74) is 0.523. The van der Waals surface area contributed by atoms with Crippen LogP contribution in [0.4, 0.5) is 0 Å². The Morgan fingerprint density at radius 3 is 2.55 bits per heavy atom. The highest BCUT2D eigenvalue weighted by Gasteiger charge is 2.04. The average molecular weight is 149 g/mol. The molecule has 0 atom stereocenters. The van der Waals surface area contributed by atoms with Crippen molar-refractivity contribution in [3.63, 3.8) is 0 Å². The number of hydrogen-bond acceptors (Lipinski definition) is 2. The van der Waals surface area contributed by atoms with Gasteiger partial charge in [-0.25, -0.2) is 0 Å². The first kappa shape index (κ1) is 7.79.